The first kappa shape index (κ1) is 12.2. The third-order valence-electron chi connectivity index (χ3n) is 4.04. The first-order chi connectivity index (χ1) is 9.28. The molecule has 1 aromatic heterocycles. The van der Waals surface area contributed by atoms with Crippen molar-refractivity contribution in [2.45, 2.75) is 43.9 Å². The number of nitrogens with zero attached hydrogens (tertiary/aromatic N) is 2. The topological polar surface area (TPSA) is 42.4 Å². The number of ether oxygens (including phenoxy) is 1. The quantitative estimate of drug-likeness (QED) is 0.780. The molecular formula is C15H18N2O2. The van der Waals surface area contributed by atoms with Crippen molar-refractivity contribution < 1.29 is 9.53 Å². The number of carbonyl (C=O) groups is 1. The molecule has 0 radical (unpaired) electrons. The van der Waals surface area contributed by atoms with Gasteiger partial charge in [-0.25, -0.2) is 4.98 Å². The highest BCUT2D eigenvalue weighted by atomic mass is 16.5. The van der Waals surface area contributed by atoms with Gasteiger partial charge in [0.15, 0.2) is 0 Å². The van der Waals surface area contributed by atoms with E-state index in [0.717, 1.165) is 25.7 Å². The standard InChI is InChI=1S/C15H18N2O2/c1-2-15(18)17-11-6-7-12(17)10-13(9-11)19-14-5-3-4-8-16-14/h2-5,8,11-13H,1,6-7,9-10H2/t11-,12?,13-/m0/s1. The van der Waals surface area contributed by atoms with E-state index in [0.29, 0.717) is 18.0 Å². The monoisotopic (exact) mass is 258 g/mol. The fourth-order valence-corrected chi connectivity index (χ4v) is 3.28. The van der Waals surface area contributed by atoms with E-state index >= 15 is 0 Å². The predicted octanol–water partition coefficient (Wildman–Crippen LogP) is 2.17. The summed E-state index contributed by atoms with van der Waals surface area (Å²) in [6.45, 7) is 3.59. The van der Waals surface area contributed by atoms with Gasteiger partial charge in [0.25, 0.3) is 0 Å². The van der Waals surface area contributed by atoms with Gasteiger partial charge in [0.1, 0.15) is 6.10 Å². The average molecular weight is 258 g/mol. The van der Waals surface area contributed by atoms with Gasteiger partial charge in [0.2, 0.25) is 11.8 Å². The van der Waals surface area contributed by atoms with E-state index in [1.54, 1.807) is 6.20 Å². The maximum absolute atomic E-state index is 11.8. The molecular weight excluding hydrogens is 240 g/mol. The number of carbonyl (C=O) groups excluding carboxylic acids is 1. The van der Waals surface area contributed by atoms with Crippen LogP contribution in [-0.2, 0) is 4.79 Å². The van der Waals surface area contributed by atoms with E-state index in [1.165, 1.54) is 6.08 Å². The van der Waals surface area contributed by atoms with Crippen LogP contribution in [0.25, 0.3) is 0 Å². The lowest BCUT2D eigenvalue weighted by molar-refractivity contribution is -0.131. The third kappa shape index (κ3) is 2.35. The van der Waals surface area contributed by atoms with Crippen LogP contribution in [-0.4, -0.2) is 34.0 Å². The van der Waals surface area contributed by atoms with E-state index in [2.05, 4.69) is 11.6 Å². The molecule has 1 unspecified atom stereocenters. The largest absolute Gasteiger partial charge is 0.474 e. The van der Waals surface area contributed by atoms with E-state index in [4.69, 9.17) is 4.74 Å². The van der Waals surface area contributed by atoms with Gasteiger partial charge in [0, 0.05) is 37.2 Å². The first-order valence-corrected chi connectivity index (χ1v) is 6.80. The van der Waals surface area contributed by atoms with Gasteiger partial charge in [-0.2, -0.15) is 0 Å². The molecule has 2 aliphatic heterocycles. The highest BCUT2D eigenvalue weighted by Gasteiger charge is 2.43. The number of rotatable bonds is 3. The number of hydrogen-bond acceptors (Lipinski definition) is 3. The van der Waals surface area contributed by atoms with Crippen LogP contribution >= 0.6 is 0 Å². The molecule has 19 heavy (non-hydrogen) atoms. The zero-order valence-corrected chi connectivity index (χ0v) is 10.9. The molecule has 0 aliphatic carbocycles. The molecule has 2 bridgehead atoms. The zero-order valence-electron chi connectivity index (χ0n) is 10.9. The molecule has 1 aromatic rings. The Bertz CT molecular complexity index is 460. The molecule has 4 nitrogen and oxygen atoms in total. The normalized spacial score (nSPS) is 29.1. The zero-order chi connectivity index (χ0) is 13.2. The Kier molecular flexibility index (Phi) is 3.23. The summed E-state index contributed by atoms with van der Waals surface area (Å²) in [5.74, 6) is 0.735. The third-order valence-corrected chi connectivity index (χ3v) is 4.04. The summed E-state index contributed by atoms with van der Waals surface area (Å²) in [5.41, 5.74) is 0. The lowest BCUT2D eigenvalue weighted by Crippen LogP contribution is -2.48. The van der Waals surface area contributed by atoms with Crippen molar-refractivity contribution in [1.82, 2.24) is 9.88 Å². The van der Waals surface area contributed by atoms with Gasteiger partial charge < -0.3 is 9.64 Å². The van der Waals surface area contributed by atoms with Gasteiger partial charge in [0.05, 0.1) is 0 Å². The minimum atomic E-state index is 0.0591. The van der Waals surface area contributed by atoms with E-state index < -0.39 is 0 Å². The van der Waals surface area contributed by atoms with Crippen molar-refractivity contribution in [3.05, 3.63) is 37.1 Å². The summed E-state index contributed by atoms with van der Waals surface area (Å²) >= 11 is 0. The van der Waals surface area contributed by atoms with Crippen LogP contribution in [0.2, 0.25) is 0 Å². The van der Waals surface area contributed by atoms with Crippen LogP contribution in [0.3, 0.4) is 0 Å². The van der Waals surface area contributed by atoms with Gasteiger partial charge in [-0.1, -0.05) is 12.6 Å². The molecule has 3 heterocycles. The highest BCUT2D eigenvalue weighted by molar-refractivity contribution is 5.87. The fourth-order valence-electron chi connectivity index (χ4n) is 3.28. The van der Waals surface area contributed by atoms with Gasteiger partial charge in [-0.3, -0.25) is 4.79 Å². The summed E-state index contributed by atoms with van der Waals surface area (Å²) < 4.78 is 5.92. The molecule has 3 rings (SSSR count). The van der Waals surface area contributed by atoms with E-state index in [-0.39, 0.29) is 12.0 Å². The second-order valence-corrected chi connectivity index (χ2v) is 5.21. The van der Waals surface area contributed by atoms with Crippen molar-refractivity contribution in [3.63, 3.8) is 0 Å². The van der Waals surface area contributed by atoms with Gasteiger partial charge in [-0.15, -0.1) is 0 Å². The Morgan fingerprint density at radius 3 is 2.68 bits per heavy atom. The molecule has 2 saturated heterocycles. The van der Waals surface area contributed by atoms with Crippen LogP contribution in [0.5, 0.6) is 5.88 Å². The maximum atomic E-state index is 11.8. The molecule has 0 spiro atoms. The number of piperidine rings is 1. The molecule has 100 valence electrons. The van der Waals surface area contributed by atoms with Crippen LogP contribution in [0.15, 0.2) is 37.1 Å². The summed E-state index contributed by atoms with van der Waals surface area (Å²) in [4.78, 5) is 18.0. The van der Waals surface area contributed by atoms with Crippen LogP contribution in [0.1, 0.15) is 25.7 Å². The molecule has 0 N–H and O–H groups in total. The van der Waals surface area contributed by atoms with Crippen molar-refractivity contribution in [2.24, 2.45) is 0 Å². The molecule has 4 heteroatoms. The summed E-state index contributed by atoms with van der Waals surface area (Å²) in [6, 6.07) is 6.29. The summed E-state index contributed by atoms with van der Waals surface area (Å²) in [6.07, 6.45) is 7.27. The lowest BCUT2D eigenvalue weighted by atomic mass is 9.99. The van der Waals surface area contributed by atoms with Crippen molar-refractivity contribution in [1.29, 1.82) is 0 Å². The predicted molar refractivity (Wildman–Crippen MR) is 71.7 cm³/mol. The van der Waals surface area contributed by atoms with Crippen LogP contribution < -0.4 is 4.74 Å². The average Bonchev–Trinajstić information content (AvgIpc) is 2.71. The molecule has 2 aliphatic rings. The first-order valence-electron chi connectivity index (χ1n) is 6.80. The van der Waals surface area contributed by atoms with Crippen LogP contribution in [0, 0.1) is 0 Å². The van der Waals surface area contributed by atoms with Gasteiger partial charge >= 0.3 is 0 Å². The minimum absolute atomic E-state index is 0.0591. The van der Waals surface area contributed by atoms with Gasteiger partial charge in [-0.05, 0) is 25.0 Å². The Morgan fingerprint density at radius 1 is 1.37 bits per heavy atom. The van der Waals surface area contributed by atoms with E-state index in [1.807, 2.05) is 23.1 Å². The van der Waals surface area contributed by atoms with Crippen molar-refractivity contribution in [3.8, 4) is 5.88 Å². The second-order valence-electron chi connectivity index (χ2n) is 5.21. The lowest BCUT2D eigenvalue weighted by Gasteiger charge is -2.38. The minimum Gasteiger partial charge on any atom is -0.474 e. The number of hydrogen-bond donors (Lipinski definition) is 0. The molecule has 0 saturated carbocycles. The fraction of sp³-hybridized carbons (Fsp3) is 0.467. The second kappa shape index (κ2) is 5.03. The molecule has 2 fully saturated rings. The Morgan fingerprint density at radius 2 is 2.11 bits per heavy atom. The highest BCUT2D eigenvalue weighted by Crippen LogP contribution is 2.37. The van der Waals surface area contributed by atoms with Crippen LogP contribution in [0.4, 0.5) is 0 Å². The molecule has 0 aromatic carbocycles. The summed E-state index contributed by atoms with van der Waals surface area (Å²) in [7, 11) is 0. The van der Waals surface area contributed by atoms with Crippen molar-refractivity contribution in [2.75, 3.05) is 0 Å². The number of aromatic nitrogens is 1. The Balaban J connectivity index is 1.67. The Hall–Kier alpha value is -1.84. The smallest absolute Gasteiger partial charge is 0.246 e. The Labute approximate surface area is 113 Å². The molecule has 3 atom stereocenters. The number of pyridine rings is 1. The van der Waals surface area contributed by atoms with Crippen molar-refractivity contribution >= 4 is 5.91 Å². The SMILES string of the molecule is C=CC(=O)N1C2CC[C@H]1C[C@H](Oc1ccccn1)C2. The van der Waals surface area contributed by atoms with E-state index in [9.17, 15) is 4.79 Å². The maximum Gasteiger partial charge on any atom is 0.246 e. The number of fused-ring (bicyclic) bond motifs is 2. The number of amides is 1. The summed E-state index contributed by atoms with van der Waals surface area (Å²) in [5, 5.41) is 0. The molecule has 1 amide bonds.